The Morgan fingerprint density at radius 1 is 0.862 bits per heavy atom. The van der Waals surface area contributed by atoms with Gasteiger partial charge < -0.3 is 26.6 Å². The van der Waals surface area contributed by atoms with Crippen LogP contribution in [0.2, 0.25) is 0 Å². The van der Waals surface area contributed by atoms with Gasteiger partial charge in [-0.05, 0) is 6.42 Å². The van der Waals surface area contributed by atoms with Crippen molar-refractivity contribution >= 4 is 10.4 Å². The molecule has 0 amide bonds. The Kier molecular flexibility index (Phi) is 21.3. The summed E-state index contributed by atoms with van der Waals surface area (Å²) in [4.78, 5) is 0. The summed E-state index contributed by atoms with van der Waals surface area (Å²) in [5, 5.41) is 37.7. The first kappa shape index (κ1) is 31.9. The number of ether oxygens (including phenoxy) is 1. The molecule has 0 fully saturated rings. The van der Waals surface area contributed by atoms with Crippen LogP contribution in [0.1, 0.15) is 72.6 Å². The topological polar surface area (TPSA) is 154 Å². The molecule has 9 nitrogen and oxygen atoms in total. The minimum absolute atomic E-state index is 0. The molecule has 11 heteroatoms. The number of unbranched alkanes of at least 4 members (excludes halogenated alkanes) is 9. The monoisotopic (exact) mass is 454 g/mol. The summed E-state index contributed by atoms with van der Waals surface area (Å²) in [6, 6.07) is 0. The summed E-state index contributed by atoms with van der Waals surface area (Å²) in [5.41, 5.74) is 0. The summed E-state index contributed by atoms with van der Waals surface area (Å²) in [5.74, 6) is 0. The molecule has 0 bridgehead atoms. The van der Waals surface area contributed by atoms with Crippen molar-refractivity contribution in [3.05, 3.63) is 0 Å². The fourth-order valence-corrected chi connectivity index (χ4v) is 3.27. The van der Waals surface area contributed by atoms with E-state index in [0.717, 1.165) is 25.7 Å². The van der Waals surface area contributed by atoms with Crippen molar-refractivity contribution in [2.45, 2.75) is 95.5 Å². The molecule has 0 aromatic heterocycles. The zero-order valence-corrected chi connectivity index (χ0v) is 20.6. The molecular formula is C18H39NaO9S. The normalized spacial score (nSPS) is 16.1. The molecule has 0 aromatic rings. The van der Waals surface area contributed by atoms with Gasteiger partial charge in [-0.2, -0.15) is 8.42 Å². The first-order chi connectivity index (χ1) is 13.2. The van der Waals surface area contributed by atoms with Gasteiger partial charge in [-0.15, -0.1) is 0 Å². The van der Waals surface area contributed by atoms with E-state index in [-0.39, 0.29) is 31.0 Å². The Labute approximate surface area is 198 Å². The molecule has 0 saturated carbocycles. The summed E-state index contributed by atoms with van der Waals surface area (Å²) in [6.45, 7) is 1.25. The second-order valence-electron chi connectivity index (χ2n) is 7.05. The average Bonchev–Trinajstić information content (AvgIpc) is 2.65. The molecule has 0 unspecified atom stereocenters. The molecule has 0 radical (unpaired) electrons. The van der Waals surface area contributed by atoms with Crippen LogP contribution in [0.15, 0.2) is 0 Å². The van der Waals surface area contributed by atoms with Gasteiger partial charge in [-0.1, -0.05) is 64.7 Å². The van der Waals surface area contributed by atoms with Crippen molar-refractivity contribution in [3.8, 4) is 0 Å². The summed E-state index contributed by atoms with van der Waals surface area (Å²) < 4.78 is 40.2. The first-order valence-electron chi connectivity index (χ1n) is 10.1. The van der Waals surface area contributed by atoms with Crippen molar-refractivity contribution in [1.29, 1.82) is 0 Å². The standard InChI is InChI=1S/C18H38O9S.Na.H/c1-2-3-4-5-6-7-8-9-10-11-12-26-14-16(27-28(23,24)25)18(22)17(21)15(20)13-19;;/h15-22H,2-14H2,1H3,(H,23,24,25);;/q;+1;-1/t15-,16+,17-,18-;;/m1../s1. The number of aliphatic hydroxyl groups excluding tert-OH is 4. The molecule has 0 spiro atoms. The van der Waals surface area contributed by atoms with E-state index in [1.807, 2.05) is 0 Å². The maximum absolute atomic E-state index is 10.9. The van der Waals surface area contributed by atoms with E-state index in [9.17, 15) is 23.7 Å². The van der Waals surface area contributed by atoms with Crippen molar-refractivity contribution in [3.63, 3.8) is 0 Å². The van der Waals surface area contributed by atoms with Crippen LogP contribution in [0.4, 0.5) is 0 Å². The van der Waals surface area contributed by atoms with Crippen LogP contribution in [-0.2, 0) is 19.3 Å². The molecule has 0 heterocycles. The van der Waals surface area contributed by atoms with Gasteiger partial charge in [0.25, 0.3) is 0 Å². The Hall–Kier alpha value is 0.670. The van der Waals surface area contributed by atoms with Gasteiger partial charge in [0.05, 0.1) is 13.2 Å². The van der Waals surface area contributed by atoms with Gasteiger partial charge in [0, 0.05) is 6.61 Å². The molecular weight excluding hydrogens is 415 g/mol. The molecule has 0 saturated heterocycles. The maximum atomic E-state index is 10.9. The zero-order valence-electron chi connectivity index (χ0n) is 18.8. The summed E-state index contributed by atoms with van der Waals surface area (Å²) in [7, 11) is -4.90. The fourth-order valence-electron chi connectivity index (χ4n) is 2.79. The third-order valence-electron chi connectivity index (χ3n) is 4.48. The molecule has 4 atom stereocenters. The van der Waals surface area contributed by atoms with Gasteiger partial charge in [-0.3, -0.25) is 4.55 Å². The van der Waals surface area contributed by atoms with Crippen LogP contribution in [0.25, 0.3) is 0 Å². The van der Waals surface area contributed by atoms with Crippen LogP contribution in [-0.4, -0.2) is 77.6 Å². The molecule has 5 N–H and O–H groups in total. The number of aliphatic hydroxyl groups is 4. The second-order valence-corrected chi connectivity index (χ2v) is 8.10. The van der Waals surface area contributed by atoms with Gasteiger partial charge >= 0.3 is 40.0 Å². The maximum Gasteiger partial charge on any atom is 1.00 e. The predicted molar refractivity (Wildman–Crippen MR) is 105 cm³/mol. The van der Waals surface area contributed by atoms with Crippen molar-refractivity contribution in [1.82, 2.24) is 0 Å². The van der Waals surface area contributed by atoms with Crippen LogP contribution in [0.5, 0.6) is 0 Å². The molecule has 172 valence electrons. The Morgan fingerprint density at radius 2 is 1.34 bits per heavy atom. The number of rotatable bonds is 19. The molecule has 0 aliphatic heterocycles. The molecule has 0 aliphatic carbocycles. The minimum Gasteiger partial charge on any atom is -1.00 e. The van der Waals surface area contributed by atoms with E-state index in [2.05, 4.69) is 11.1 Å². The quantitative estimate of drug-likeness (QED) is 0.0873. The van der Waals surface area contributed by atoms with E-state index < -0.39 is 48.0 Å². The molecule has 29 heavy (non-hydrogen) atoms. The molecule has 0 aliphatic rings. The third-order valence-corrected chi connectivity index (χ3v) is 4.97. The van der Waals surface area contributed by atoms with Crippen LogP contribution < -0.4 is 29.6 Å². The van der Waals surface area contributed by atoms with Crippen molar-refractivity contribution in [2.75, 3.05) is 19.8 Å². The summed E-state index contributed by atoms with van der Waals surface area (Å²) in [6.07, 6.45) is 4.47. The summed E-state index contributed by atoms with van der Waals surface area (Å²) >= 11 is 0. The van der Waals surface area contributed by atoms with E-state index in [1.165, 1.54) is 38.5 Å². The largest absolute Gasteiger partial charge is 1.00 e. The van der Waals surface area contributed by atoms with Gasteiger partial charge in [-0.25, -0.2) is 4.18 Å². The van der Waals surface area contributed by atoms with Crippen molar-refractivity contribution in [2.24, 2.45) is 0 Å². The minimum atomic E-state index is -4.90. The molecule has 0 aromatic carbocycles. The van der Waals surface area contributed by atoms with E-state index >= 15 is 0 Å². The van der Waals surface area contributed by atoms with E-state index in [1.54, 1.807) is 0 Å². The Morgan fingerprint density at radius 3 is 1.79 bits per heavy atom. The first-order valence-corrected chi connectivity index (χ1v) is 11.5. The smallest absolute Gasteiger partial charge is 1.00 e. The van der Waals surface area contributed by atoms with Gasteiger partial charge in [0.15, 0.2) is 0 Å². The average molecular weight is 455 g/mol. The van der Waals surface area contributed by atoms with Gasteiger partial charge in [0.2, 0.25) is 0 Å². The van der Waals surface area contributed by atoms with Crippen LogP contribution in [0, 0.1) is 0 Å². The Bertz CT molecular complexity index is 471. The number of hydrogen-bond donors (Lipinski definition) is 5. The fraction of sp³-hybridized carbons (Fsp3) is 1.00. The van der Waals surface area contributed by atoms with E-state index in [4.69, 9.17) is 14.4 Å². The van der Waals surface area contributed by atoms with Gasteiger partial charge in [0.1, 0.15) is 24.4 Å². The van der Waals surface area contributed by atoms with Crippen molar-refractivity contribution < 1.29 is 73.3 Å². The predicted octanol–water partition coefficient (Wildman–Crippen LogP) is -1.70. The second kappa shape index (κ2) is 19.4. The van der Waals surface area contributed by atoms with Crippen LogP contribution >= 0.6 is 0 Å². The van der Waals surface area contributed by atoms with E-state index in [0.29, 0.717) is 6.61 Å². The Balaban J connectivity index is -0.00000364. The third kappa shape index (κ3) is 18.0. The molecule has 0 rings (SSSR count). The zero-order chi connectivity index (χ0) is 21.4. The SMILES string of the molecule is CCCCCCCCCCCCOC[C@H](OS(=O)(=O)O)[C@@H](O)[C@H](O)[C@H](O)CO.[H-].[Na+]. The van der Waals surface area contributed by atoms with Crippen LogP contribution in [0.3, 0.4) is 0 Å². The number of hydrogen-bond acceptors (Lipinski definition) is 8.